The molecule has 0 radical (unpaired) electrons. The molecule has 0 aliphatic heterocycles. The van der Waals surface area contributed by atoms with Crippen LogP contribution in [0.25, 0.3) is 10.2 Å². The van der Waals surface area contributed by atoms with E-state index >= 15 is 0 Å². The van der Waals surface area contributed by atoms with E-state index in [2.05, 4.69) is 26.1 Å². The normalized spacial score (nSPS) is 12.5. The van der Waals surface area contributed by atoms with E-state index in [-0.39, 0.29) is 23.3 Å². The molecule has 1 aromatic carbocycles. The highest BCUT2D eigenvalue weighted by Gasteiger charge is 2.19. The van der Waals surface area contributed by atoms with Crippen LogP contribution in [-0.2, 0) is 17.8 Å². The molecule has 0 aliphatic carbocycles. The van der Waals surface area contributed by atoms with Crippen molar-refractivity contribution in [3.63, 3.8) is 0 Å². The number of hydrogen-bond acceptors (Lipinski definition) is 5. The van der Waals surface area contributed by atoms with E-state index in [9.17, 15) is 9.59 Å². The number of nitrogens with one attached hydrogen (secondary N) is 1. The predicted octanol–water partition coefficient (Wildman–Crippen LogP) is 4.94. The summed E-state index contributed by atoms with van der Waals surface area (Å²) in [7, 11) is 0. The van der Waals surface area contributed by atoms with Crippen LogP contribution in [0.3, 0.4) is 0 Å². The summed E-state index contributed by atoms with van der Waals surface area (Å²) in [5, 5.41) is 4.32. The second-order valence-corrected chi connectivity index (χ2v) is 10.4. The molecule has 5 nitrogen and oxygen atoms in total. The highest BCUT2D eigenvalue weighted by molar-refractivity contribution is 7.99. The number of fused-ring (bicyclic) bond motifs is 1. The summed E-state index contributed by atoms with van der Waals surface area (Å²) in [6.45, 7) is 12.7. The third kappa shape index (κ3) is 5.39. The third-order valence-electron chi connectivity index (χ3n) is 5.62. The molecule has 3 rings (SSSR count). The Hall–Kier alpha value is -2.12. The molecule has 0 bridgehead atoms. The van der Waals surface area contributed by atoms with Crippen LogP contribution in [0.4, 0.5) is 0 Å². The van der Waals surface area contributed by atoms with E-state index in [1.165, 1.54) is 22.2 Å². The Morgan fingerprint density at radius 1 is 1.19 bits per heavy atom. The smallest absolute Gasteiger partial charge is 0.263 e. The molecule has 0 saturated carbocycles. The topological polar surface area (TPSA) is 64.0 Å². The number of amides is 1. The lowest BCUT2D eigenvalue weighted by Gasteiger charge is -2.17. The number of thioether (sulfide) groups is 1. The Bertz CT molecular complexity index is 1130. The van der Waals surface area contributed by atoms with Crippen molar-refractivity contribution < 1.29 is 4.79 Å². The maximum Gasteiger partial charge on any atom is 0.263 e. The van der Waals surface area contributed by atoms with Crippen LogP contribution in [0.15, 0.2) is 34.2 Å². The van der Waals surface area contributed by atoms with Gasteiger partial charge in [-0.25, -0.2) is 4.98 Å². The SMILES string of the molecule is CCc1sc2nc(SCC(=O)N[C@@H](C)C(C)C)n(Cc3ccc(C)cc3)c(=O)c2c1C. The molecule has 0 fully saturated rings. The Morgan fingerprint density at radius 2 is 1.87 bits per heavy atom. The van der Waals surface area contributed by atoms with Gasteiger partial charge in [-0.3, -0.25) is 14.2 Å². The number of aryl methyl sites for hydroxylation is 3. The number of aromatic nitrogens is 2. The summed E-state index contributed by atoms with van der Waals surface area (Å²) < 4.78 is 1.72. The van der Waals surface area contributed by atoms with Gasteiger partial charge >= 0.3 is 0 Å². The third-order valence-corrected chi connectivity index (χ3v) is 7.92. The van der Waals surface area contributed by atoms with Crippen molar-refractivity contribution in [3.8, 4) is 0 Å². The van der Waals surface area contributed by atoms with Crippen LogP contribution in [0.5, 0.6) is 0 Å². The van der Waals surface area contributed by atoms with E-state index < -0.39 is 0 Å². The zero-order valence-corrected chi connectivity index (χ0v) is 20.7. The molecular weight excluding hydrogens is 426 g/mol. The Morgan fingerprint density at radius 3 is 2.48 bits per heavy atom. The maximum atomic E-state index is 13.5. The minimum atomic E-state index is -0.0426. The summed E-state index contributed by atoms with van der Waals surface area (Å²) in [6.07, 6.45) is 0.877. The highest BCUT2D eigenvalue weighted by Crippen LogP contribution is 2.29. The van der Waals surface area contributed by atoms with Crippen LogP contribution >= 0.6 is 23.1 Å². The second kappa shape index (κ2) is 10.0. The van der Waals surface area contributed by atoms with E-state index in [0.29, 0.717) is 23.0 Å². The molecule has 0 spiro atoms. The van der Waals surface area contributed by atoms with E-state index in [4.69, 9.17) is 4.98 Å². The van der Waals surface area contributed by atoms with Gasteiger partial charge in [0.2, 0.25) is 5.91 Å². The fourth-order valence-corrected chi connectivity index (χ4v) is 5.27. The monoisotopic (exact) mass is 457 g/mol. The summed E-state index contributed by atoms with van der Waals surface area (Å²) in [5.74, 6) is 0.553. The molecule has 7 heteroatoms. The van der Waals surface area contributed by atoms with Gasteiger partial charge in [0.1, 0.15) is 4.83 Å². The average Bonchev–Trinajstić information content (AvgIpc) is 3.05. The van der Waals surface area contributed by atoms with Crippen molar-refractivity contribution in [2.75, 3.05) is 5.75 Å². The molecule has 31 heavy (non-hydrogen) atoms. The van der Waals surface area contributed by atoms with E-state index in [1.807, 2.05) is 45.0 Å². The van der Waals surface area contributed by atoms with Gasteiger partial charge in [-0.2, -0.15) is 0 Å². The number of thiophene rings is 1. The summed E-state index contributed by atoms with van der Waals surface area (Å²) >= 11 is 2.91. The second-order valence-electron chi connectivity index (χ2n) is 8.34. The molecule has 1 N–H and O–H groups in total. The van der Waals surface area contributed by atoms with Gasteiger partial charge < -0.3 is 5.32 Å². The average molecular weight is 458 g/mol. The number of rotatable bonds is 8. The fraction of sp³-hybridized carbons (Fsp3) is 0.458. The van der Waals surface area contributed by atoms with Gasteiger partial charge in [0.05, 0.1) is 17.7 Å². The largest absolute Gasteiger partial charge is 0.353 e. The molecule has 1 amide bonds. The molecule has 3 aromatic rings. The first-order chi connectivity index (χ1) is 14.7. The number of carbonyl (C=O) groups excluding carboxylic acids is 1. The summed E-state index contributed by atoms with van der Waals surface area (Å²) in [4.78, 5) is 32.7. The first kappa shape index (κ1) is 23.5. The molecule has 166 valence electrons. The first-order valence-electron chi connectivity index (χ1n) is 10.7. The lowest BCUT2D eigenvalue weighted by Crippen LogP contribution is -2.37. The summed E-state index contributed by atoms with van der Waals surface area (Å²) in [5.41, 5.74) is 3.21. The van der Waals surface area contributed by atoms with Crippen molar-refractivity contribution in [1.29, 1.82) is 0 Å². The number of nitrogens with zero attached hydrogens (tertiary/aromatic N) is 2. The van der Waals surface area contributed by atoms with Gasteiger partial charge in [-0.15, -0.1) is 11.3 Å². The zero-order valence-electron chi connectivity index (χ0n) is 19.1. The molecule has 0 saturated heterocycles. The van der Waals surface area contributed by atoms with Crippen LogP contribution in [0.2, 0.25) is 0 Å². The predicted molar refractivity (Wildman–Crippen MR) is 131 cm³/mol. The van der Waals surface area contributed by atoms with Crippen molar-refractivity contribution >= 4 is 39.2 Å². The minimum absolute atomic E-state index is 0.0301. The van der Waals surface area contributed by atoms with E-state index in [1.54, 1.807) is 15.9 Å². The molecule has 1 atom stereocenters. The van der Waals surface area contributed by atoms with Crippen LogP contribution in [0.1, 0.15) is 49.3 Å². The van der Waals surface area contributed by atoms with Crippen molar-refractivity contribution in [3.05, 3.63) is 56.2 Å². The number of hydrogen-bond donors (Lipinski definition) is 1. The lowest BCUT2D eigenvalue weighted by atomic mass is 10.1. The first-order valence-corrected chi connectivity index (χ1v) is 12.5. The molecule has 0 aliphatic rings. The van der Waals surface area contributed by atoms with Crippen molar-refractivity contribution in [1.82, 2.24) is 14.9 Å². The molecule has 2 heterocycles. The minimum Gasteiger partial charge on any atom is -0.353 e. The van der Waals surface area contributed by atoms with Crippen LogP contribution < -0.4 is 10.9 Å². The van der Waals surface area contributed by atoms with Gasteiger partial charge in [-0.05, 0) is 44.2 Å². The van der Waals surface area contributed by atoms with Crippen molar-refractivity contribution in [2.24, 2.45) is 5.92 Å². The van der Waals surface area contributed by atoms with Gasteiger partial charge in [0.25, 0.3) is 5.56 Å². The van der Waals surface area contributed by atoms with Gasteiger partial charge in [0, 0.05) is 10.9 Å². The highest BCUT2D eigenvalue weighted by atomic mass is 32.2. The van der Waals surface area contributed by atoms with E-state index in [0.717, 1.165) is 22.4 Å². The quantitative estimate of drug-likeness (QED) is 0.384. The zero-order chi connectivity index (χ0) is 22.7. The molecule has 2 aromatic heterocycles. The van der Waals surface area contributed by atoms with Gasteiger partial charge in [-0.1, -0.05) is 62.4 Å². The number of carbonyl (C=O) groups is 1. The molecular formula is C24H31N3O2S2. The standard InChI is InChI=1S/C24H31N3O2S2/c1-7-19-16(5)21-22(31-19)26-24(30-13-20(28)25-17(6)14(2)3)27(23(21)29)12-18-10-8-15(4)9-11-18/h8-11,14,17H,7,12-13H2,1-6H3,(H,25,28)/t17-/m0/s1. The Kier molecular flexibility index (Phi) is 7.59. The maximum absolute atomic E-state index is 13.5. The Balaban J connectivity index is 1.98. The summed E-state index contributed by atoms with van der Waals surface area (Å²) in [6, 6.07) is 8.27. The number of benzene rings is 1. The lowest BCUT2D eigenvalue weighted by molar-refractivity contribution is -0.119. The van der Waals surface area contributed by atoms with Crippen LogP contribution in [0, 0.1) is 19.8 Å². The van der Waals surface area contributed by atoms with Crippen LogP contribution in [-0.4, -0.2) is 27.3 Å². The van der Waals surface area contributed by atoms with Gasteiger partial charge in [0.15, 0.2) is 5.16 Å². The van der Waals surface area contributed by atoms with Crippen molar-refractivity contribution in [2.45, 2.75) is 65.7 Å². The fourth-order valence-electron chi connectivity index (χ4n) is 3.30. The molecule has 0 unspecified atom stereocenters. The Labute approximate surface area is 192 Å².